The molecule has 0 aromatic carbocycles. The van der Waals surface area contributed by atoms with E-state index in [4.69, 9.17) is 0 Å². The number of halogens is 3. The topological polar surface area (TPSA) is 6.48 Å². The van der Waals surface area contributed by atoms with Crippen molar-refractivity contribution in [1.82, 2.24) is 9.80 Å². The first-order chi connectivity index (χ1) is 9.32. The van der Waals surface area contributed by atoms with Gasteiger partial charge >= 0.3 is 6.18 Å². The van der Waals surface area contributed by atoms with Gasteiger partial charge in [-0.3, -0.25) is 0 Å². The second-order valence-corrected chi connectivity index (χ2v) is 6.86. The smallest absolute Gasteiger partial charge is 0.303 e. The zero-order valence-corrected chi connectivity index (χ0v) is 12.7. The van der Waals surface area contributed by atoms with Crippen LogP contribution in [0.3, 0.4) is 0 Å². The molecular weight excluding hydrogens is 265 g/mol. The first-order valence-electron chi connectivity index (χ1n) is 7.84. The highest BCUT2D eigenvalue weighted by atomic mass is 19.4. The van der Waals surface area contributed by atoms with Crippen molar-refractivity contribution in [2.45, 2.75) is 45.7 Å². The van der Waals surface area contributed by atoms with Gasteiger partial charge in [0, 0.05) is 13.1 Å². The summed E-state index contributed by atoms with van der Waals surface area (Å²) < 4.78 is 37.8. The fourth-order valence-electron chi connectivity index (χ4n) is 3.63. The van der Waals surface area contributed by atoms with Gasteiger partial charge < -0.3 is 9.80 Å². The highest BCUT2D eigenvalue weighted by molar-refractivity contribution is 4.87. The molecule has 0 radical (unpaired) electrons. The van der Waals surface area contributed by atoms with Crippen molar-refractivity contribution >= 4 is 0 Å². The van der Waals surface area contributed by atoms with Crippen LogP contribution in [-0.4, -0.2) is 55.2 Å². The van der Waals surface area contributed by atoms with Crippen molar-refractivity contribution < 1.29 is 13.2 Å². The van der Waals surface area contributed by atoms with E-state index in [0.717, 1.165) is 32.5 Å². The molecule has 2 unspecified atom stereocenters. The summed E-state index contributed by atoms with van der Waals surface area (Å²) in [6.45, 7) is 9.59. The number of rotatable bonds is 5. The monoisotopic (exact) mass is 292 g/mol. The number of nitrogens with zero attached hydrogens (tertiary/aromatic N) is 2. The average Bonchev–Trinajstić information content (AvgIpc) is 2.96. The molecule has 0 saturated carbocycles. The van der Waals surface area contributed by atoms with Crippen molar-refractivity contribution in [2.24, 2.45) is 11.3 Å². The van der Waals surface area contributed by atoms with Crippen LogP contribution >= 0.6 is 0 Å². The van der Waals surface area contributed by atoms with Gasteiger partial charge in [0.2, 0.25) is 0 Å². The molecule has 2 saturated heterocycles. The van der Waals surface area contributed by atoms with Crippen molar-refractivity contribution in [2.75, 3.05) is 39.3 Å². The Morgan fingerprint density at radius 3 is 2.50 bits per heavy atom. The highest BCUT2D eigenvalue weighted by Crippen LogP contribution is 2.36. The molecule has 0 aromatic rings. The van der Waals surface area contributed by atoms with E-state index in [-0.39, 0.29) is 13.0 Å². The molecule has 0 N–H and O–H groups in total. The lowest BCUT2D eigenvalue weighted by Crippen LogP contribution is -2.29. The third kappa shape index (κ3) is 4.10. The van der Waals surface area contributed by atoms with Gasteiger partial charge in [-0.2, -0.15) is 13.2 Å². The lowest BCUT2D eigenvalue weighted by Gasteiger charge is -2.26. The van der Waals surface area contributed by atoms with Crippen LogP contribution in [0.5, 0.6) is 0 Å². The largest absolute Gasteiger partial charge is 0.393 e. The van der Waals surface area contributed by atoms with Crippen molar-refractivity contribution in [3.8, 4) is 0 Å². The van der Waals surface area contributed by atoms with Crippen LogP contribution in [0.4, 0.5) is 13.2 Å². The minimum absolute atomic E-state index is 0.210. The Hall–Kier alpha value is -0.290. The summed E-state index contributed by atoms with van der Waals surface area (Å²) >= 11 is 0. The first kappa shape index (κ1) is 16.1. The summed E-state index contributed by atoms with van der Waals surface area (Å²) in [6.07, 6.45) is -0.334. The van der Waals surface area contributed by atoms with Crippen molar-refractivity contribution in [1.29, 1.82) is 0 Å². The molecule has 2 rings (SSSR count). The first-order valence-corrected chi connectivity index (χ1v) is 7.84. The van der Waals surface area contributed by atoms with E-state index in [1.165, 1.54) is 13.0 Å². The fourth-order valence-corrected chi connectivity index (χ4v) is 3.63. The molecule has 2 aliphatic heterocycles. The Morgan fingerprint density at radius 2 is 1.95 bits per heavy atom. The molecule has 2 nitrogen and oxygen atoms in total. The molecule has 0 aromatic heterocycles. The average molecular weight is 292 g/mol. The van der Waals surface area contributed by atoms with Crippen LogP contribution in [0.25, 0.3) is 0 Å². The van der Waals surface area contributed by atoms with E-state index in [1.807, 2.05) is 4.90 Å². The lowest BCUT2D eigenvalue weighted by molar-refractivity contribution is -0.170. The maximum atomic E-state index is 12.6. The standard InChI is InChI=1S/C15H27F3N2/c1-3-19-10-7-14(2,12-19)6-4-8-20-9-5-13(11-20)15(16,17)18/h13H,3-12H2,1-2H3. The predicted octanol–water partition coefficient (Wildman–Crippen LogP) is 3.38. The van der Waals surface area contributed by atoms with Crippen molar-refractivity contribution in [3.05, 3.63) is 0 Å². The summed E-state index contributed by atoms with van der Waals surface area (Å²) in [5, 5.41) is 0. The van der Waals surface area contributed by atoms with Gasteiger partial charge in [0.05, 0.1) is 5.92 Å². The van der Waals surface area contributed by atoms with Gasteiger partial charge in [-0.05, 0) is 57.3 Å². The number of likely N-dealkylation sites (tertiary alicyclic amines) is 2. The second-order valence-electron chi connectivity index (χ2n) is 6.86. The van der Waals surface area contributed by atoms with Gasteiger partial charge in [0.25, 0.3) is 0 Å². The molecule has 0 amide bonds. The van der Waals surface area contributed by atoms with E-state index in [1.54, 1.807) is 0 Å². The molecule has 2 heterocycles. The Bertz CT molecular complexity index is 319. The van der Waals surface area contributed by atoms with Crippen LogP contribution in [0, 0.1) is 11.3 Å². The molecule has 0 aliphatic carbocycles. The molecule has 20 heavy (non-hydrogen) atoms. The van der Waals surface area contributed by atoms with E-state index in [0.29, 0.717) is 12.0 Å². The molecule has 2 aliphatic rings. The van der Waals surface area contributed by atoms with Gasteiger partial charge in [0.15, 0.2) is 0 Å². The zero-order valence-electron chi connectivity index (χ0n) is 12.7. The van der Waals surface area contributed by atoms with Crippen LogP contribution in [-0.2, 0) is 0 Å². The third-order valence-electron chi connectivity index (χ3n) is 5.07. The van der Waals surface area contributed by atoms with Gasteiger partial charge in [0.1, 0.15) is 0 Å². The minimum Gasteiger partial charge on any atom is -0.303 e. The predicted molar refractivity (Wildman–Crippen MR) is 74.7 cm³/mol. The van der Waals surface area contributed by atoms with Crippen LogP contribution in [0.1, 0.15) is 39.5 Å². The SMILES string of the molecule is CCN1CCC(C)(CCCN2CCC(C(F)(F)F)C2)C1. The molecule has 0 spiro atoms. The normalized spacial score (nSPS) is 33.1. The molecule has 5 heteroatoms. The van der Waals surface area contributed by atoms with E-state index in [2.05, 4.69) is 18.7 Å². The molecular formula is C15H27F3N2. The van der Waals surface area contributed by atoms with Gasteiger partial charge in [-0.1, -0.05) is 13.8 Å². The maximum absolute atomic E-state index is 12.6. The summed E-state index contributed by atoms with van der Waals surface area (Å²) in [5.74, 6) is -1.10. The molecule has 118 valence electrons. The minimum atomic E-state index is -4.01. The van der Waals surface area contributed by atoms with E-state index >= 15 is 0 Å². The molecule has 0 bridgehead atoms. The maximum Gasteiger partial charge on any atom is 0.393 e. The fraction of sp³-hybridized carbons (Fsp3) is 1.00. The van der Waals surface area contributed by atoms with Crippen LogP contribution < -0.4 is 0 Å². The Balaban J connectivity index is 1.67. The Kier molecular flexibility index (Phi) is 5.00. The van der Waals surface area contributed by atoms with E-state index in [9.17, 15) is 13.2 Å². The number of hydrogen-bond acceptors (Lipinski definition) is 2. The Labute approximate surface area is 120 Å². The zero-order chi connectivity index (χ0) is 14.8. The molecule has 2 atom stereocenters. The van der Waals surface area contributed by atoms with Gasteiger partial charge in [-0.25, -0.2) is 0 Å². The lowest BCUT2D eigenvalue weighted by atomic mass is 9.84. The van der Waals surface area contributed by atoms with Crippen LogP contribution in [0.2, 0.25) is 0 Å². The number of hydrogen-bond donors (Lipinski definition) is 0. The number of alkyl halides is 3. The van der Waals surface area contributed by atoms with Crippen molar-refractivity contribution in [3.63, 3.8) is 0 Å². The van der Waals surface area contributed by atoms with Crippen LogP contribution in [0.15, 0.2) is 0 Å². The summed E-state index contributed by atoms with van der Waals surface area (Å²) in [7, 11) is 0. The summed E-state index contributed by atoms with van der Waals surface area (Å²) in [5.41, 5.74) is 0.374. The van der Waals surface area contributed by atoms with Gasteiger partial charge in [-0.15, -0.1) is 0 Å². The Morgan fingerprint density at radius 1 is 1.20 bits per heavy atom. The summed E-state index contributed by atoms with van der Waals surface area (Å²) in [6, 6.07) is 0. The third-order valence-corrected chi connectivity index (χ3v) is 5.07. The highest BCUT2D eigenvalue weighted by Gasteiger charge is 2.43. The quantitative estimate of drug-likeness (QED) is 0.766. The second kappa shape index (κ2) is 6.22. The van der Waals surface area contributed by atoms with E-state index < -0.39 is 12.1 Å². The summed E-state index contributed by atoms with van der Waals surface area (Å²) in [4.78, 5) is 4.46. The molecule has 2 fully saturated rings.